The van der Waals surface area contributed by atoms with Crippen LogP contribution in [0.1, 0.15) is 18.9 Å². The summed E-state index contributed by atoms with van der Waals surface area (Å²) in [7, 11) is 0. The highest BCUT2D eigenvalue weighted by Crippen LogP contribution is 2.27. The van der Waals surface area contributed by atoms with E-state index in [1.165, 1.54) is 0 Å². The molecule has 130 valence electrons. The van der Waals surface area contributed by atoms with Gasteiger partial charge in [-0.2, -0.15) is 0 Å². The highest BCUT2D eigenvalue weighted by molar-refractivity contribution is 5.93. The number of imidazole rings is 1. The van der Waals surface area contributed by atoms with Crippen molar-refractivity contribution in [2.24, 2.45) is 0 Å². The molecular formula is C19H17N5O2. The summed E-state index contributed by atoms with van der Waals surface area (Å²) < 4.78 is 7.24. The van der Waals surface area contributed by atoms with Crippen LogP contribution in [0.3, 0.4) is 0 Å². The molecule has 0 bridgehead atoms. The zero-order chi connectivity index (χ0) is 17.5. The first-order valence-corrected chi connectivity index (χ1v) is 8.70. The second kappa shape index (κ2) is 6.03. The second-order valence-electron chi connectivity index (χ2n) is 6.47. The van der Waals surface area contributed by atoms with E-state index in [4.69, 9.17) is 9.72 Å². The van der Waals surface area contributed by atoms with Crippen molar-refractivity contribution in [2.45, 2.75) is 18.9 Å². The summed E-state index contributed by atoms with van der Waals surface area (Å²) >= 11 is 0. The van der Waals surface area contributed by atoms with E-state index in [1.54, 1.807) is 17.0 Å². The van der Waals surface area contributed by atoms with E-state index in [2.05, 4.69) is 15.0 Å². The molecule has 1 fully saturated rings. The molecule has 26 heavy (non-hydrogen) atoms. The number of ether oxygens (including phenoxy) is 1. The number of nitrogens with one attached hydrogen (secondary N) is 1. The summed E-state index contributed by atoms with van der Waals surface area (Å²) in [5, 5.41) is 1.01. The number of hydrogen-bond acceptors (Lipinski definition) is 5. The molecule has 0 radical (unpaired) electrons. The molecule has 1 atom stereocenters. The van der Waals surface area contributed by atoms with Gasteiger partial charge in [-0.15, -0.1) is 0 Å². The van der Waals surface area contributed by atoms with E-state index in [1.807, 2.05) is 30.3 Å². The average Bonchev–Trinajstić information content (AvgIpc) is 3.03. The molecule has 5 rings (SSSR count). The average molecular weight is 347 g/mol. The number of benzene rings is 1. The third-order valence-electron chi connectivity index (χ3n) is 4.85. The lowest BCUT2D eigenvalue weighted by Gasteiger charge is -2.22. The van der Waals surface area contributed by atoms with Gasteiger partial charge in [0.2, 0.25) is 0 Å². The molecule has 4 aromatic rings. The van der Waals surface area contributed by atoms with Crippen LogP contribution >= 0.6 is 0 Å². The van der Waals surface area contributed by atoms with Crippen LogP contribution in [0.5, 0.6) is 0 Å². The van der Waals surface area contributed by atoms with Gasteiger partial charge in [-0.3, -0.25) is 14.5 Å². The Balaban J connectivity index is 1.71. The molecule has 4 heterocycles. The minimum Gasteiger partial charge on any atom is -0.379 e. The van der Waals surface area contributed by atoms with Gasteiger partial charge in [0.25, 0.3) is 0 Å². The van der Waals surface area contributed by atoms with Crippen LogP contribution in [-0.4, -0.2) is 37.7 Å². The Morgan fingerprint density at radius 3 is 3.04 bits per heavy atom. The van der Waals surface area contributed by atoms with Crippen molar-refractivity contribution in [1.29, 1.82) is 0 Å². The fourth-order valence-corrected chi connectivity index (χ4v) is 3.62. The summed E-state index contributed by atoms with van der Waals surface area (Å²) in [5.41, 5.74) is 3.46. The number of aromatic amines is 1. The Labute approximate surface area is 148 Å². The largest absolute Gasteiger partial charge is 0.379 e. The van der Waals surface area contributed by atoms with Crippen LogP contribution in [0.25, 0.3) is 33.5 Å². The standard InChI is InChI=1S/C19H17N5O2/c25-19-23-17-18(24(19)12-4-3-9-26-11-12)22-16(10-21-17)14-5-1-7-15-13(14)6-2-8-20-15/h1-2,5-8,10,12H,3-4,9,11H2,(H,21,23,25). The third-order valence-corrected chi connectivity index (χ3v) is 4.85. The Kier molecular flexibility index (Phi) is 3.53. The Hall–Kier alpha value is -3.06. The molecular weight excluding hydrogens is 330 g/mol. The Morgan fingerprint density at radius 1 is 1.19 bits per heavy atom. The minimum atomic E-state index is -0.188. The topological polar surface area (TPSA) is 85.7 Å². The van der Waals surface area contributed by atoms with Crippen molar-refractivity contribution in [3.05, 3.63) is 53.2 Å². The first kappa shape index (κ1) is 15.2. The summed E-state index contributed by atoms with van der Waals surface area (Å²) in [6, 6.07) is 9.83. The van der Waals surface area contributed by atoms with Gasteiger partial charge >= 0.3 is 5.69 Å². The number of hydrogen-bond donors (Lipinski definition) is 1. The molecule has 3 aromatic heterocycles. The molecule has 1 aliphatic rings. The highest BCUT2D eigenvalue weighted by atomic mass is 16.5. The maximum Gasteiger partial charge on any atom is 0.329 e. The van der Waals surface area contributed by atoms with Crippen molar-refractivity contribution in [2.75, 3.05) is 13.2 Å². The molecule has 1 N–H and O–H groups in total. The van der Waals surface area contributed by atoms with E-state index in [-0.39, 0.29) is 11.7 Å². The molecule has 0 spiro atoms. The predicted molar refractivity (Wildman–Crippen MR) is 98.0 cm³/mol. The Morgan fingerprint density at radius 2 is 2.15 bits per heavy atom. The van der Waals surface area contributed by atoms with Gasteiger partial charge in [0.1, 0.15) is 0 Å². The maximum atomic E-state index is 12.5. The second-order valence-corrected chi connectivity index (χ2v) is 6.47. The minimum absolute atomic E-state index is 0.0104. The maximum absolute atomic E-state index is 12.5. The van der Waals surface area contributed by atoms with Crippen molar-refractivity contribution in [1.82, 2.24) is 24.5 Å². The lowest BCUT2D eigenvalue weighted by molar-refractivity contribution is 0.0593. The number of aromatic nitrogens is 5. The quantitative estimate of drug-likeness (QED) is 0.602. The molecule has 7 nitrogen and oxygen atoms in total. The third kappa shape index (κ3) is 2.40. The summed E-state index contributed by atoms with van der Waals surface area (Å²) in [6.07, 6.45) is 5.30. The van der Waals surface area contributed by atoms with E-state index < -0.39 is 0 Å². The number of nitrogens with zero attached hydrogens (tertiary/aromatic N) is 4. The first-order valence-electron chi connectivity index (χ1n) is 8.70. The lowest BCUT2D eigenvalue weighted by atomic mass is 10.1. The van der Waals surface area contributed by atoms with Crippen LogP contribution in [0.15, 0.2) is 47.5 Å². The van der Waals surface area contributed by atoms with Crippen molar-refractivity contribution in [3.63, 3.8) is 0 Å². The molecule has 7 heteroatoms. The summed E-state index contributed by atoms with van der Waals surface area (Å²) in [5.74, 6) is 0. The van der Waals surface area contributed by atoms with Crippen molar-refractivity contribution >= 4 is 22.2 Å². The zero-order valence-electron chi connectivity index (χ0n) is 14.1. The fourth-order valence-electron chi connectivity index (χ4n) is 3.62. The van der Waals surface area contributed by atoms with Gasteiger partial charge in [0.05, 0.1) is 30.1 Å². The monoisotopic (exact) mass is 347 g/mol. The smallest absolute Gasteiger partial charge is 0.329 e. The van der Waals surface area contributed by atoms with Crippen LogP contribution in [0, 0.1) is 0 Å². The van der Waals surface area contributed by atoms with Gasteiger partial charge in [-0.1, -0.05) is 18.2 Å². The van der Waals surface area contributed by atoms with Crippen LogP contribution in [0.2, 0.25) is 0 Å². The van der Waals surface area contributed by atoms with Gasteiger partial charge in [0.15, 0.2) is 11.3 Å². The lowest BCUT2D eigenvalue weighted by Crippen LogP contribution is -2.29. The molecule has 0 saturated carbocycles. The van der Waals surface area contributed by atoms with Crippen molar-refractivity contribution < 1.29 is 4.74 Å². The van der Waals surface area contributed by atoms with E-state index >= 15 is 0 Å². The SMILES string of the molecule is O=c1[nH]c2ncc(-c3cccc4ncccc34)nc2n1C1CCCOC1. The highest BCUT2D eigenvalue weighted by Gasteiger charge is 2.22. The number of fused-ring (bicyclic) bond motifs is 2. The molecule has 1 unspecified atom stereocenters. The zero-order valence-corrected chi connectivity index (χ0v) is 14.1. The number of H-pyrrole nitrogens is 1. The summed E-state index contributed by atoms with van der Waals surface area (Å²) in [4.78, 5) is 28.9. The van der Waals surface area contributed by atoms with Gasteiger partial charge in [-0.25, -0.2) is 14.8 Å². The van der Waals surface area contributed by atoms with E-state index in [0.29, 0.717) is 17.9 Å². The van der Waals surface area contributed by atoms with Crippen molar-refractivity contribution in [3.8, 4) is 11.3 Å². The van der Waals surface area contributed by atoms with E-state index in [0.717, 1.165) is 41.6 Å². The molecule has 1 aliphatic heterocycles. The Bertz CT molecular complexity index is 1150. The predicted octanol–water partition coefficient (Wildman–Crippen LogP) is 2.69. The summed E-state index contributed by atoms with van der Waals surface area (Å²) in [6.45, 7) is 1.27. The number of pyridine rings is 1. The fraction of sp³-hybridized carbons (Fsp3) is 0.263. The normalized spacial score (nSPS) is 17.8. The molecule has 0 aliphatic carbocycles. The molecule has 0 amide bonds. The van der Waals surface area contributed by atoms with Gasteiger partial charge in [0, 0.05) is 23.8 Å². The van der Waals surface area contributed by atoms with Gasteiger partial charge in [-0.05, 0) is 25.0 Å². The van der Waals surface area contributed by atoms with Gasteiger partial charge < -0.3 is 4.74 Å². The van der Waals surface area contributed by atoms with Crippen LogP contribution < -0.4 is 5.69 Å². The first-order chi connectivity index (χ1) is 12.8. The van der Waals surface area contributed by atoms with Crippen LogP contribution in [0.4, 0.5) is 0 Å². The number of rotatable bonds is 2. The molecule has 1 saturated heterocycles. The molecule has 1 aromatic carbocycles. The van der Waals surface area contributed by atoms with Crippen LogP contribution in [-0.2, 0) is 4.74 Å². The van der Waals surface area contributed by atoms with E-state index in [9.17, 15) is 4.79 Å².